The van der Waals surface area contributed by atoms with E-state index in [-0.39, 0.29) is 0 Å². The predicted octanol–water partition coefficient (Wildman–Crippen LogP) is 2.71. The molecule has 1 aliphatic carbocycles. The van der Waals surface area contributed by atoms with Crippen LogP contribution >= 0.6 is 11.3 Å². The van der Waals surface area contributed by atoms with Gasteiger partial charge >= 0.3 is 5.97 Å². The Morgan fingerprint density at radius 3 is 2.89 bits per heavy atom. The SMILES string of the molecule is CC(C(=O)O)N(C)Cc1csc(C2CCCC2)n1. The van der Waals surface area contributed by atoms with Crippen LogP contribution in [0.2, 0.25) is 0 Å². The third-order valence-corrected chi connectivity index (χ3v) is 4.76. The normalized spacial score (nSPS) is 18.4. The average Bonchev–Trinajstić information content (AvgIpc) is 2.96. The van der Waals surface area contributed by atoms with Crippen LogP contribution in [0.5, 0.6) is 0 Å². The van der Waals surface area contributed by atoms with Crippen molar-refractivity contribution in [2.24, 2.45) is 0 Å². The van der Waals surface area contributed by atoms with Crippen LogP contribution in [0.3, 0.4) is 0 Å². The molecule has 100 valence electrons. The third-order valence-electron chi connectivity index (χ3n) is 3.70. The fourth-order valence-electron chi connectivity index (χ4n) is 2.34. The van der Waals surface area contributed by atoms with Crippen LogP contribution in [0.15, 0.2) is 5.38 Å². The van der Waals surface area contributed by atoms with Crippen molar-refractivity contribution in [3.05, 3.63) is 16.1 Å². The second-order valence-corrected chi connectivity index (χ2v) is 5.98. The van der Waals surface area contributed by atoms with Crippen LogP contribution in [-0.2, 0) is 11.3 Å². The Bertz CT molecular complexity index is 413. The average molecular weight is 268 g/mol. The molecule has 2 rings (SSSR count). The second kappa shape index (κ2) is 5.80. The van der Waals surface area contributed by atoms with E-state index in [4.69, 9.17) is 5.11 Å². The molecule has 1 saturated carbocycles. The Kier molecular flexibility index (Phi) is 4.35. The number of carboxylic acids is 1. The van der Waals surface area contributed by atoms with Crippen LogP contribution < -0.4 is 0 Å². The molecule has 1 unspecified atom stereocenters. The van der Waals surface area contributed by atoms with Gasteiger partial charge in [-0.25, -0.2) is 4.98 Å². The monoisotopic (exact) mass is 268 g/mol. The van der Waals surface area contributed by atoms with Gasteiger partial charge in [-0.2, -0.15) is 0 Å². The Hall–Kier alpha value is -0.940. The minimum absolute atomic E-state index is 0.471. The number of carboxylic acid groups (broad SMARTS) is 1. The molecule has 18 heavy (non-hydrogen) atoms. The summed E-state index contributed by atoms with van der Waals surface area (Å²) in [4.78, 5) is 17.4. The van der Waals surface area contributed by atoms with Gasteiger partial charge in [0, 0.05) is 17.8 Å². The summed E-state index contributed by atoms with van der Waals surface area (Å²) in [7, 11) is 1.83. The van der Waals surface area contributed by atoms with E-state index in [0.29, 0.717) is 12.5 Å². The van der Waals surface area contributed by atoms with Crippen molar-refractivity contribution in [1.82, 2.24) is 9.88 Å². The molecule has 4 nitrogen and oxygen atoms in total. The van der Waals surface area contributed by atoms with Crippen molar-refractivity contribution >= 4 is 17.3 Å². The second-order valence-electron chi connectivity index (χ2n) is 5.09. The van der Waals surface area contributed by atoms with E-state index >= 15 is 0 Å². The lowest BCUT2D eigenvalue weighted by molar-refractivity contribution is -0.142. The lowest BCUT2D eigenvalue weighted by Gasteiger charge is -2.19. The first kappa shape index (κ1) is 13.5. The van der Waals surface area contributed by atoms with E-state index < -0.39 is 12.0 Å². The molecule has 1 N–H and O–H groups in total. The minimum atomic E-state index is -0.788. The number of rotatable bonds is 5. The molecular formula is C13H20N2O2S. The van der Waals surface area contributed by atoms with Gasteiger partial charge in [-0.15, -0.1) is 11.3 Å². The first-order valence-corrected chi connectivity index (χ1v) is 7.33. The molecule has 1 atom stereocenters. The predicted molar refractivity (Wildman–Crippen MR) is 71.9 cm³/mol. The van der Waals surface area contributed by atoms with Crippen molar-refractivity contribution in [3.8, 4) is 0 Å². The van der Waals surface area contributed by atoms with Crippen LogP contribution in [-0.4, -0.2) is 34.0 Å². The van der Waals surface area contributed by atoms with Gasteiger partial charge in [-0.05, 0) is 26.8 Å². The lowest BCUT2D eigenvalue weighted by Crippen LogP contribution is -2.35. The zero-order chi connectivity index (χ0) is 13.1. The summed E-state index contributed by atoms with van der Waals surface area (Å²) in [5, 5.41) is 12.3. The van der Waals surface area contributed by atoms with E-state index in [2.05, 4.69) is 10.4 Å². The molecule has 0 radical (unpaired) electrons. The molecular weight excluding hydrogens is 248 g/mol. The first-order valence-electron chi connectivity index (χ1n) is 6.45. The Morgan fingerprint density at radius 2 is 2.28 bits per heavy atom. The summed E-state index contributed by atoms with van der Waals surface area (Å²) < 4.78 is 0. The van der Waals surface area contributed by atoms with E-state index in [1.54, 1.807) is 18.3 Å². The highest BCUT2D eigenvalue weighted by molar-refractivity contribution is 7.09. The Balaban J connectivity index is 1.95. The molecule has 0 saturated heterocycles. The van der Waals surface area contributed by atoms with Gasteiger partial charge in [-0.1, -0.05) is 12.8 Å². The smallest absolute Gasteiger partial charge is 0.320 e. The summed E-state index contributed by atoms with van der Waals surface area (Å²) in [6, 6.07) is -0.471. The zero-order valence-electron chi connectivity index (χ0n) is 10.9. The number of nitrogens with zero attached hydrogens (tertiary/aromatic N) is 2. The highest BCUT2D eigenvalue weighted by Gasteiger charge is 2.21. The van der Waals surface area contributed by atoms with Gasteiger partial charge in [0.25, 0.3) is 0 Å². The number of aliphatic carboxylic acids is 1. The highest BCUT2D eigenvalue weighted by Crippen LogP contribution is 2.35. The van der Waals surface area contributed by atoms with Gasteiger partial charge in [0.05, 0.1) is 10.7 Å². The van der Waals surface area contributed by atoms with E-state index in [0.717, 1.165) is 5.69 Å². The maximum Gasteiger partial charge on any atom is 0.320 e. The molecule has 0 spiro atoms. The van der Waals surface area contributed by atoms with Crippen molar-refractivity contribution in [1.29, 1.82) is 0 Å². The third kappa shape index (κ3) is 3.09. The molecule has 1 heterocycles. The van der Waals surface area contributed by atoms with E-state index in [1.807, 2.05) is 11.9 Å². The molecule has 1 aromatic rings. The Labute approximate surface area is 112 Å². The van der Waals surface area contributed by atoms with Crippen molar-refractivity contribution in [2.75, 3.05) is 7.05 Å². The summed E-state index contributed by atoms with van der Waals surface area (Å²) in [5.41, 5.74) is 0.998. The number of hydrogen-bond acceptors (Lipinski definition) is 4. The molecule has 0 bridgehead atoms. The van der Waals surface area contributed by atoms with E-state index in [1.165, 1.54) is 30.7 Å². The fraction of sp³-hybridized carbons (Fsp3) is 0.692. The number of carbonyl (C=O) groups is 1. The Morgan fingerprint density at radius 1 is 1.61 bits per heavy atom. The molecule has 1 aliphatic rings. The van der Waals surface area contributed by atoms with Crippen molar-refractivity contribution in [2.45, 2.75) is 51.1 Å². The number of likely N-dealkylation sites (N-methyl/N-ethyl adjacent to an activating group) is 1. The van der Waals surface area contributed by atoms with Crippen LogP contribution in [0, 0.1) is 0 Å². The molecule has 1 fully saturated rings. The van der Waals surface area contributed by atoms with Crippen molar-refractivity contribution < 1.29 is 9.90 Å². The maximum atomic E-state index is 10.9. The number of aromatic nitrogens is 1. The zero-order valence-corrected chi connectivity index (χ0v) is 11.7. The van der Waals surface area contributed by atoms with Crippen LogP contribution in [0.1, 0.15) is 49.2 Å². The minimum Gasteiger partial charge on any atom is -0.480 e. The number of thiazole rings is 1. The quantitative estimate of drug-likeness (QED) is 0.892. The molecule has 0 amide bonds. The molecule has 0 aliphatic heterocycles. The summed E-state index contributed by atoms with van der Waals surface area (Å²) in [6.07, 6.45) is 5.15. The van der Waals surface area contributed by atoms with Gasteiger partial charge in [0.15, 0.2) is 0 Å². The largest absolute Gasteiger partial charge is 0.480 e. The summed E-state index contributed by atoms with van der Waals surface area (Å²) >= 11 is 1.72. The summed E-state index contributed by atoms with van der Waals surface area (Å²) in [6.45, 7) is 2.31. The standard InChI is InChI=1S/C13H20N2O2S/c1-9(13(16)17)15(2)7-11-8-18-12(14-11)10-5-3-4-6-10/h8-10H,3-7H2,1-2H3,(H,16,17). The topological polar surface area (TPSA) is 53.4 Å². The van der Waals surface area contributed by atoms with Gasteiger partial charge < -0.3 is 5.11 Å². The lowest BCUT2D eigenvalue weighted by atomic mass is 10.1. The van der Waals surface area contributed by atoms with Gasteiger partial charge in [0.1, 0.15) is 6.04 Å². The van der Waals surface area contributed by atoms with Crippen LogP contribution in [0.25, 0.3) is 0 Å². The first-order chi connectivity index (χ1) is 8.58. The van der Waals surface area contributed by atoms with E-state index in [9.17, 15) is 4.79 Å². The molecule has 0 aromatic carbocycles. The maximum absolute atomic E-state index is 10.9. The highest BCUT2D eigenvalue weighted by atomic mass is 32.1. The fourth-order valence-corrected chi connectivity index (χ4v) is 3.32. The van der Waals surface area contributed by atoms with Crippen molar-refractivity contribution in [3.63, 3.8) is 0 Å². The molecule has 5 heteroatoms. The van der Waals surface area contributed by atoms with Gasteiger partial charge in [-0.3, -0.25) is 9.69 Å². The number of hydrogen-bond donors (Lipinski definition) is 1. The summed E-state index contributed by atoms with van der Waals surface area (Å²) in [5.74, 6) is -0.144. The molecule has 1 aromatic heterocycles. The van der Waals surface area contributed by atoms with Crippen LogP contribution in [0.4, 0.5) is 0 Å². The van der Waals surface area contributed by atoms with Gasteiger partial charge in [0.2, 0.25) is 0 Å².